The van der Waals surface area contributed by atoms with Gasteiger partial charge in [0.05, 0.1) is 6.54 Å². The number of hydrogen-bond acceptors (Lipinski definition) is 3. The minimum Gasteiger partial charge on any atom is -0.462 e. The summed E-state index contributed by atoms with van der Waals surface area (Å²) in [6.45, 7) is 10.7. The van der Waals surface area contributed by atoms with Crippen LogP contribution in [0.25, 0.3) is 0 Å². The second-order valence-electron chi connectivity index (χ2n) is 5.38. The average molecular weight is 239 g/mol. The summed E-state index contributed by atoms with van der Waals surface area (Å²) in [5.74, 6) is 1.88. The van der Waals surface area contributed by atoms with Gasteiger partial charge in [0.25, 0.3) is 0 Å². The molecule has 0 aliphatic rings. The predicted octanol–water partition coefficient (Wildman–Crippen LogP) is 3.48. The van der Waals surface area contributed by atoms with E-state index < -0.39 is 0 Å². The van der Waals surface area contributed by atoms with Crippen molar-refractivity contribution in [1.82, 2.24) is 5.32 Å². The molecule has 1 N–H and O–H groups in total. The second kappa shape index (κ2) is 6.82. The van der Waals surface area contributed by atoms with Crippen molar-refractivity contribution in [2.75, 3.05) is 6.61 Å². The highest BCUT2D eigenvalue weighted by molar-refractivity contribution is 5.06. The molecule has 0 fully saturated rings. The summed E-state index contributed by atoms with van der Waals surface area (Å²) in [6.07, 6.45) is 2.28. The molecule has 3 nitrogen and oxygen atoms in total. The van der Waals surface area contributed by atoms with Crippen molar-refractivity contribution in [2.24, 2.45) is 0 Å². The lowest BCUT2D eigenvalue weighted by Crippen LogP contribution is -2.34. The van der Waals surface area contributed by atoms with Gasteiger partial charge in [0, 0.05) is 12.1 Å². The summed E-state index contributed by atoms with van der Waals surface area (Å²) in [4.78, 5) is 0. The van der Waals surface area contributed by atoms with Gasteiger partial charge in [-0.05, 0) is 39.3 Å². The first-order chi connectivity index (χ1) is 8.01. The molecule has 3 heteroatoms. The van der Waals surface area contributed by atoms with Crippen LogP contribution in [0, 0.1) is 0 Å². The van der Waals surface area contributed by atoms with Crippen LogP contribution >= 0.6 is 0 Å². The van der Waals surface area contributed by atoms with E-state index in [4.69, 9.17) is 9.15 Å². The maximum absolute atomic E-state index is 5.67. The summed E-state index contributed by atoms with van der Waals surface area (Å²) < 4.78 is 11.2. The third-order valence-corrected chi connectivity index (χ3v) is 2.40. The molecule has 1 aromatic heterocycles. The van der Waals surface area contributed by atoms with E-state index in [9.17, 15) is 0 Å². The summed E-state index contributed by atoms with van der Waals surface area (Å²) in [5, 5.41) is 3.39. The highest BCUT2D eigenvalue weighted by Crippen LogP contribution is 2.11. The van der Waals surface area contributed by atoms with Gasteiger partial charge in [0.2, 0.25) is 0 Å². The first-order valence-corrected chi connectivity index (χ1v) is 6.41. The van der Waals surface area contributed by atoms with E-state index in [1.54, 1.807) is 0 Å². The molecule has 98 valence electrons. The van der Waals surface area contributed by atoms with Crippen molar-refractivity contribution in [1.29, 1.82) is 0 Å². The standard InChI is InChI=1S/C14H25NO2/c1-5-6-9-16-11-13-8-7-12(17-13)10-15-14(2,3)4/h7-8,15H,5-6,9-11H2,1-4H3. The Kier molecular flexibility index (Phi) is 5.72. The zero-order chi connectivity index (χ0) is 12.7. The number of hydrogen-bond donors (Lipinski definition) is 1. The van der Waals surface area contributed by atoms with Crippen molar-refractivity contribution in [3.05, 3.63) is 23.7 Å². The van der Waals surface area contributed by atoms with Gasteiger partial charge in [-0.2, -0.15) is 0 Å². The van der Waals surface area contributed by atoms with Crippen molar-refractivity contribution in [3.8, 4) is 0 Å². The van der Waals surface area contributed by atoms with Crippen molar-refractivity contribution in [2.45, 2.75) is 59.2 Å². The van der Waals surface area contributed by atoms with Crippen LogP contribution in [0.4, 0.5) is 0 Å². The van der Waals surface area contributed by atoms with Gasteiger partial charge in [0.1, 0.15) is 18.1 Å². The van der Waals surface area contributed by atoms with Crippen LogP contribution in [0.3, 0.4) is 0 Å². The molecule has 0 radical (unpaired) electrons. The Bertz CT molecular complexity index is 312. The van der Waals surface area contributed by atoms with E-state index in [-0.39, 0.29) is 5.54 Å². The van der Waals surface area contributed by atoms with Gasteiger partial charge in [-0.3, -0.25) is 0 Å². The van der Waals surface area contributed by atoms with E-state index in [2.05, 4.69) is 33.0 Å². The monoisotopic (exact) mass is 239 g/mol. The fourth-order valence-electron chi connectivity index (χ4n) is 1.37. The first-order valence-electron chi connectivity index (χ1n) is 6.41. The summed E-state index contributed by atoms with van der Waals surface area (Å²) in [6, 6.07) is 4.00. The topological polar surface area (TPSA) is 34.4 Å². The minimum atomic E-state index is 0.116. The number of furan rings is 1. The smallest absolute Gasteiger partial charge is 0.129 e. The van der Waals surface area contributed by atoms with Gasteiger partial charge in [-0.1, -0.05) is 13.3 Å². The molecule has 0 aliphatic heterocycles. The number of nitrogens with one attached hydrogen (secondary N) is 1. The van der Waals surface area contributed by atoms with Crippen molar-refractivity contribution in [3.63, 3.8) is 0 Å². The van der Waals surface area contributed by atoms with Crippen molar-refractivity contribution >= 4 is 0 Å². The summed E-state index contributed by atoms with van der Waals surface area (Å²) >= 11 is 0. The van der Waals surface area contributed by atoms with Crippen LogP contribution < -0.4 is 5.32 Å². The Labute approximate surface area is 105 Å². The van der Waals surface area contributed by atoms with Crippen LogP contribution in [0.2, 0.25) is 0 Å². The molecular weight excluding hydrogens is 214 g/mol. The van der Waals surface area contributed by atoms with E-state index in [0.717, 1.165) is 31.1 Å². The Morgan fingerprint density at radius 3 is 2.59 bits per heavy atom. The molecule has 1 rings (SSSR count). The number of ether oxygens (including phenoxy) is 1. The van der Waals surface area contributed by atoms with Crippen LogP contribution in [0.5, 0.6) is 0 Å². The normalized spacial score (nSPS) is 12.0. The summed E-state index contributed by atoms with van der Waals surface area (Å²) in [7, 11) is 0. The van der Waals surface area contributed by atoms with E-state index in [1.807, 2.05) is 12.1 Å². The maximum Gasteiger partial charge on any atom is 0.129 e. The zero-order valence-corrected chi connectivity index (χ0v) is 11.5. The van der Waals surface area contributed by atoms with Gasteiger partial charge < -0.3 is 14.5 Å². The SMILES string of the molecule is CCCCOCc1ccc(CNC(C)(C)C)o1. The highest BCUT2D eigenvalue weighted by atomic mass is 16.5. The summed E-state index contributed by atoms with van der Waals surface area (Å²) in [5.41, 5.74) is 0.116. The molecule has 0 aromatic carbocycles. The number of unbranched alkanes of at least 4 members (excludes halogenated alkanes) is 1. The van der Waals surface area contributed by atoms with Crippen LogP contribution in [-0.4, -0.2) is 12.1 Å². The second-order valence-corrected chi connectivity index (χ2v) is 5.38. The fourth-order valence-corrected chi connectivity index (χ4v) is 1.37. The largest absolute Gasteiger partial charge is 0.462 e. The lowest BCUT2D eigenvalue weighted by atomic mass is 10.1. The lowest BCUT2D eigenvalue weighted by Gasteiger charge is -2.19. The molecule has 0 saturated heterocycles. The molecule has 0 aliphatic carbocycles. The molecule has 1 aromatic rings. The minimum absolute atomic E-state index is 0.116. The lowest BCUT2D eigenvalue weighted by molar-refractivity contribution is 0.102. The molecule has 0 atom stereocenters. The first kappa shape index (κ1) is 14.3. The molecule has 17 heavy (non-hydrogen) atoms. The maximum atomic E-state index is 5.67. The van der Waals surface area contributed by atoms with Crippen LogP contribution in [-0.2, 0) is 17.9 Å². The average Bonchev–Trinajstić information content (AvgIpc) is 2.69. The third kappa shape index (κ3) is 6.49. The Morgan fingerprint density at radius 1 is 1.24 bits per heavy atom. The van der Waals surface area contributed by atoms with E-state index >= 15 is 0 Å². The van der Waals surface area contributed by atoms with Crippen LogP contribution in [0.15, 0.2) is 16.5 Å². The molecule has 0 amide bonds. The van der Waals surface area contributed by atoms with Crippen LogP contribution in [0.1, 0.15) is 52.1 Å². The highest BCUT2D eigenvalue weighted by Gasteiger charge is 2.10. The van der Waals surface area contributed by atoms with Crippen molar-refractivity contribution < 1.29 is 9.15 Å². The molecule has 0 bridgehead atoms. The zero-order valence-electron chi connectivity index (χ0n) is 11.5. The Hall–Kier alpha value is -0.800. The quantitative estimate of drug-likeness (QED) is 0.740. The third-order valence-electron chi connectivity index (χ3n) is 2.40. The number of rotatable bonds is 7. The van der Waals surface area contributed by atoms with E-state index in [0.29, 0.717) is 6.61 Å². The van der Waals surface area contributed by atoms with Gasteiger partial charge in [-0.15, -0.1) is 0 Å². The van der Waals surface area contributed by atoms with Gasteiger partial charge in [-0.25, -0.2) is 0 Å². The molecular formula is C14H25NO2. The molecule has 0 unspecified atom stereocenters. The van der Waals surface area contributed by atoms with Gasteiger partial charge in [0.15, 0.2) is 0 Å². The fraction of sp³-hybridized carbons (Fsp3) is 0.714. The molecule has 0 saturated carbocycles. The predicted molar refractivity (Wildman–Crippen MR) is 69.9 cm³/mol. The Balaban J connectivity index is 2.28. The Morgan fingerprint density at radius 2 is 1.94 bits per heavy atom. The molecule has 1 heterocycles. The molecule has 0 spiro atoms. The van der Waals surface area contributed by atoms with E-state index in [1.165, 1.54) is 6.42 Å². The van der Waals surface area contributed by atoms with Gasteiger partial charge >= 0.3 is 0 Å².